The molecule has 0 saturated heterocycles. The summed E-state index contributed by atoms with van der Waals surface area (Å²) in [4.78, 5) is 0. The lowest BCUT2D eigenvalue weighted by atomic mass is 9.99. The molecule has 0 atom stereocenters. The van der Waals surface area contributed by atoms with Crippen LogP contribution in [0.4, 0.5) is 4.39 Å². The second kappa shape index (κ2) is 7.94. The Morgan fingerprint density at radius 1 is 0.952 bits per heavy atom. The maximum Gasteiger partial charge on any atom is 0.131 e. The molecule has 2 aromatic carbocycles. The summed E-state index contributed by atoms with van der Waals surface area (Å²) in [6.45, 7) is 5.95. The third-order valence-electron chi connectivity index (χ3n) is 3.69. The highest BCUT2D eigenvalue weighted by atomic mass is 19.1. The van der Waals surface area contributed by atoms with E-state index in [1.165, 1.54) is 18.4 Å². The molecule has 0 heterocycles. The minimum absolute atomic E-state index is 0.156. The lowest BCUT2D eigenvalue weighted by Crippen LogP contribution is -2.11. The summed E-state index contributed by atoms with van der Waals surface area (Å²) in [5.41, 5.74) is 4.08. The Bertz CT molecular complexity index is 560. The molecule has 21 heavy (non-hydrogen) atoms. The molecule has 0 aliphatic carbocycles. The van der Waals surface area contributed by atoms with Gasteiger partial charge in [0.15, 0.2) is 0 Å². The van der Waals surface area contributed by atoms with Gasteiger partial charge in [0, 0.05) is 12.1 Å². The molecular formula is C19H24FN. The first-order valence-electron chi connectivity index (χ1n) is 7.83. The molecule has 1 nitrogen and oxygen atoms in total. The quantitative estimate of drug-likeness (QED) is 0.759. The van der Waals surface area contributed by atoms with E-state index in [1.807, 2.05) is 24.3 Å². The maximum atomic E-state index is 14.1. The van der Waals surface area contributed by atoms with Gasteiger partial charge in [-0.2, -0.15) is 0 Å². The van der Waals surface area contributed by atoms with E-state index in [-0.39, 0.29) is 5.82 Å². The predicted molar refractivity (Wildman–Crippen MR) is 87.8 cm³/mol. The molecule has 0 spiro atoms. The first-order valence-corrected chi connectivity index (χ1v) is 7.83. The molecule has 0 fully saturated rings. The smallest absolute Gasteiger partial charge is 0.131 e. The number of rotatable bonds is 7. The van der Waals surface area contributed by atoms with Gasteiger partial charge in [0.05, 0.1) is 0 Å². The number of aryl methyl sites for hydroxylation is 1. The number of hydrogen-bond donors (Lipinski definition) is 1. The Hall–Kier alpha value is -1.67. The van der Waals surface area contributed by atoms with Crippen molar-refractivity contribution in [3.8, 4) is 11.1 Å². The third-order valence-corrected chi connectivity index (χ3v) is 3.69. The third kappa shape index (κ3) is 4.40. The van der Waals surface area contributed by atoms with Crippen molar-refractivity contribution >= 4 is 0 Å². The molecule has 0 aliphatic rings. The molecule has 2 heteroatoms. The van der Waals surface area contributed by atoms with Crippen molar-refractivity contribution in [2.45, 2.75) is 39.7 Å². The second-order valence-corrected chi connectivity index (χ2v) is 5.40. The van der Waals surface area contributed by atoms with Crippen LogP contribution in [0.15, 0.2) is 42.5 Å². The topological polar surface area (TPSA) is 12.0 Å². The average Bonchev–Trinajstić information content (AvgIpc) is 2.53. The van der Waals surface area contributed by atoms with Gasteiger partial charge in [-0.25, -0.2) is 4.39 Å². The Morgan fingerprint density at radius 3 is 2.33 bits per heavy atom. The zero-order chi connectivity index (χ0) is 15.1. The van der Waals surface area contributed by atoms with Gasteiger partial charge in [0.1, 0.15) is 5.82 Å². The summed E-state index contributed by atoms with van der Waals surface area (Å²) in [5, 5.41) is 3.27. The Morgan fingerprint density at radius 2 is 1.67 bits per heavy atom. The zero-order valence-electron chi connectivity index (χ0n) is 13.0. The summed E-state index contributed by atoms with van der Waals surface area (Å²) in [7, 11) is 0. The van der Waals surface area contributed by atoms with Crippen molar-refractivity contribution in [1.82, 2.24) is 5.32 Å². The van der Waals surface area contributed by atoms with Crippen LogP contribution in [-0.2, 0) is 13.0 Å². The average molecular weight is 285 g/mol. The van der Waals surface area contributed by atoms with Crippen molar-refractivity contribution < 1.29 is 4.39 Å². The fraction of sp³-hybridized carbons (Fsp3) is 0.368. The van der Waals surface area contributed by atoms with Crippen molar-refractivity contribution in [3.63, 3.8) is 0 Å². The van der Waals surface area contributed by atoms with Crippen LogP contribution in [0.2, 0.25) is 0 Å². The molecule has 2 rings (SSSR count). The summed E-state index contributed by atoms with van der Waals surface area (Å²) < 4.78 is 14.1. The first kappa shape index (κ1) is 15.7. The second-order valence-electron chi connectivity index (χ2n) is 5.40. The van der Waals surface area contributed by atoms with Crippen LogP contribution in [-0.4, -0.2) is 6.54 Å². The van der Waals surface area contributed by atoms with E-state index in [4.69, 9.17) is 0 Å². The number of unbranched alkanes of at least 4 members (excludes halogenated alkanes) is 1. The molecule has 2 aromatic rings. The molecule has 0 amide bonds. The molecule has 0 bridgehead atoms. The van der Waals surface area contributed by atoms with E-state index in [0.717, 1.165) is 30.6 Å². The van der Waals surface area contributed by atoms with Gasteiger partial charge < -0.3 is 5.32 Å². The van der Waals surface area contributed by atoms with Crippen LogP contribution in [0.25, 0.3) is 11.1 Å². The predicted octanol–water partition coefficient (Wildman–Crippen LogP) is 4.94. The van der Waals surface area contributed by atoms with Gasteiger partial charge in [-0.15, -0.1) is 0 Å². The Kier molecular flexibility index (Phi) is 5.94. The van der Waals surface area contributed by atoms with Gasteiger partial charge in [-0.3, -0.25) is 0 Å². The highest BCUT2D eigenvalue weighted by Crippen LogP contribution is 2.25. The van der Waals surface area contributed by atoms with Gasteiger partial charge >= 0.3 is 0 Å². The van der Waals surface area contributed by atoms with E-state index in [2.05, 4.69) is 31.3 Å². The molecule has 0 radical (unpaired) electrons. The SMILES string of the molecule is CCCCc1ccc(-c2cc(CNCC)ccc2F)cc1. The van der Waals surface area contributed by atoms with Crippen LogP contribution < -0.4 is 5.32 Å². The number of halogens is 1. The standard InChI is InChI=1S/C19H24FN/c1-3-5-6-15-7-10-17(11-8-15)18-13-16(14-21-4-2)9-12-19(18)20/h7-13,21H,3-6,14H2,1-2H3. The summed E-state index contributed by atoms with van der Waals surface area (Å²) in [5.74, 6) is -0.156. The minimum Gasteiger partial charge on any atom is -0.313 e. The van der Waals surface area contributed by atoms with Crippen LogP contribution >= 0.6 is 0 Å². The fourth-order valence-corrected chi connectivity index (χ4v) is 2.40. The highest BCUT2D eigenvalue weighted by Gasteiger charge is 2.06. The van der Waals surface area contributed by atoms with Crippen LogP contribution in [0, 0.1) is 5.82 Å². The van der Waals surface area contributed by atoms with Gasteiger partial charge in [-0.1, -0.05) is 50.6 Å². The van der Waals surface area contributed by atoms with Crippen molar-refractivity contribution in [3.05, 3.63) is 59.4 Å². The molecular weight excluding hydrogens is 261 g/mol. The molecule has 0 unspecified atom stereocenters. The molecule has 0 aromatic heterocycles. The van der Waals surface area contributed by atoms with E-state index in [0.29, 0.717) is 5.56 Å². The van der Waals surface area contributed by atoms with Gasteiger partial charge in [0.25, 0.3) is 0 Å². The largest absolute Gasteiger partial charge is 0.313 e. The lowest BCUT2D eigenvalue weighted by Gasteiger charge is -2.09. The summed E-state index contributed by atoms with van der Waals surface area (Å²) in [6.07, 6.45) is 3.49. The van der Waals surface area contributed by atoms with E-state index in [1.54, 1.807) is 6.07 Å². The Labute approximate surface area is 127 Å². The molecule has 112 valence electrons. The fourth-order valence-electron chi connectivity index (χ4n) is 2.40. The van der Waals surface area contributed by atoms with Crippen molar-refractivity contribution in [2.24, 2.45) is 0 Å². The van der Waals surface area contributed by atoms with Crippen LogP contribution in [0.1, 0.15) is 37.8 Å². The lowest BCUT2D eigenvalue weighted by molar-refractivity contribution is 0.629. The summed E-state index contributed by atoms with van der Waals surface area (Å²) >= 11 is 0. The van der Waals surface area contributed by atoms with Gasteiger partial charge in [0.2, 0.25) is 0 Å². The number of hydrogen-bond acceptors (Lipinski definition) is 1. The molecule has 0 saturated carbocycles. The monoisotopic (exact) mass is 285 g/mol. The van der Waals surface area contributed by atoms with E-state index >= 15 is 0 Å². The van der Waals surface area contributed by atoms with Crippen molar-refractivity contribution in [1.29, 1.82) is 0 Å². The molecule has 0 aliphatic heterocycles. The number of nitrogens with one attached hydrogen (secondary N) is 1. The van der Waals surface area contributed by atoms with Crippen LogP contribution in [0.3, 0.4) is 0 Å². The first-order chi connectivity index (χ1) is 10.2. The van der Waals surface area contributed by atoms with Gasteiger partial charge in [-0.05, 0) is 48.2 Å². The number of benzene rings is 2. The maximum absolute atomic E-state index is 14.1. The minimum atomic E-state index is -0.156. The highest BCUT2D eigenvalue weighted by molar-refractivity contribution is 5.65. The Balaban J connectivity index is 2.19. The van der Waals surface area contributed by atoms with Crippen LogP contribution in [0.5, 0.6) is 0 Å². The van der Waals surface area contributed by atoms with Crippen molar-refractivity contribution in [2.75, 3.05) is 6.54 Å². The van der Waals surface area contributed by atoms with E-state index in [9.17, 15) is 4.39 Å². The molecule has 1 N–H and O–H groups in total. The van der Waals surface area contributed by atoms with E-state index < -0.39 is 0 Å². The zero-order valence-corrected chi connectivity index (χ0v) is 13.0. The normalized spacial score (nSPS) is 10.8. The summed E-state index contributed by atoms with van der Waals surface area (Å²) in [6, 6.07) is 13.6.